The molecular formula is C26H45IN4O2. The van der Waals surface area contributed by atoms with Gasteiger partial charge in [-0.2, -0.15) is 0 Å². The third-order valence-electron chi connectivity index (χ3n) is 6.49. The quantitative estimate of drug-likeness (QED) is 0.178. The number of halogens is 1. The fourth-order valence-electron chi connectivity index (χ4n) is 4.36. The van der Waals surface area contributed by atoms with Crippen LogP contribution in [0.5, 0.6) is 0 Å². The van der Waals surface area contributed by atoms with Crippen molar-refractivity contribution in [2.24, 2.45) is 16.8 Å². The maximum Gasteiger partial charge on any atom is 0.191 e. The van der Waals surface area contributed by atoms with Crippen LogP contribution in [0.1, 0.15) is 57.1 Å². The number of hydrogen-bond acceptors (Lipinski definition) is 4. The van der Waals surface area contributed by atoms with Crippen LogP contribution in [0, 0.1) is 11.8 Å². The number of nitrogens with zero attached hydrogens (tertiary/aromatic N) is 2. The summed E-state index contributed by atoms with van der Waals surface area (Å²) in [4.78, 5) is 7.38. The second-order valence-electron chi connectivity index (χ2n) is 9.38. The molecule has 7 heteroatoms. The number of aliphatic imine (C=N–C) groups is 1. The Morgan fingerprint density at radius 1 is 1.12 bits per heavy atom. The number of guanidine groups is 1. The Labute approximate surface area is 218 Å². The SMILES string of the molecule is CCNC(=NCc1cccc(CN2CCC(C)CC2)c1)NCCCOCC1CCOCC1.I. The molecular weight excluding hydrogens is 527 g/mol. The lowest BCUT2D eigenvalue weighted by molar-refractivity contribution is 0.0203. The first-order chi connectivity index (χ1) is 15.7. The molecule has 2 fully saturated rings. The standard InChI is InChI=1S/C26H44N4O2.HI/c1-3-27-26(28-12-5-15-32-21-23-10-16-31-17-11-23)29-19-24-6-4-7-25(18-24)20-30-13-8-22(2)9-14-30;/h4,6-7,18,22-23H,3,5,8-17,19-21H2,1-2H3,(H2,27,28,29);1H. The summed E-state index contributed by atoms with van der Waals surface area (Å²) in [6.45, 7) is 13.8. The molecule has 33 heavy (non-hydrogen) atoms. The molecule has 0 aromatic heterocycles. The van der Waals surface area contributed by atoms with Gasteiger partial charge in [-0.05, 0) is 75.1 Å². The predicted molar refractivity (Wildman–Crippen MR) is 147 cm³/mol. The molecule has 6 nitrogen and oxygen atoms in total. The van der Waals surface area contributed by atoms with Crippen molar-refractivity contribution >= 4 is 29.9 Å². The van der Waals surface area contributed by atoms with Crippen LogP contribution in [0.4, 0.5) is 0 Å². The number of benzene rings is 1. The minimum absolute atomic E-state index is 0. The molecule has 1 aromatic rings. The Bertz CT molecular complexity index is 674. The van der Waals surface area contributed by atoms with Crippen molar-refractivity contribution in [3.8, 4) is 0 Å². The summed E-state index contributed by atoms with van der Waals surface area (Å²) in [7, 11) is 0. The molecule has 0 atom stereocenters. The van der Waals surface area contributed by atoms with Gasteiger partial charge in [0.25, 0.3) is 0 Å². The molecule has 0 saturated carbocycles. The Morgan fingerprint density at radius 2 is 1.88 bits per heavy atom. The molecule has 2 heterocycles. The van der Waals surface area contributed by atoms with Gasteiger partial charge in [-0.1, -0.05) is 31.2 Å². The van der Waals surface area contributed by atoms with Crippen molar-refractivity contribution in [2.75, 3.05) is 52.6 Å². The lowest BCUT2D eigenvalue weighted by atomic mass is 9.98. The highest BCUT2D eigenvalue weighted by atomic mass is 127. The van der Waals surface area contributed by atoms with Gasteiger partial charge in [-0.25, -0.2) is 4.99 Å². The maximum atomic E-state index is 5.87. The summed E-state index contributed by atoms with van der Waals surface area (Å²) >= 11 is 0. The number of likely N-dealkylation sites (tertiary alicyclic amines) is 1. The lowest BCUT2D eigenvalue weighted by Crippen LogP contribution is -2.38. The number of ether oxygens (including phenoxy) is 2. The predicted octanol–water partition coefficient (Wildman–Crippen LogP) is 4.42. The summed E-state index contributed by atoms with van der Waals surface area (Å²) < 4.78 is 11.3. The van der Waals surface area contributed by atoms with E-state index in [4.69, 9.17) is 14.5 Å². The zero-order valence-corrected chi connectivity index (χ0v) is 23.0. The Balaban J connectivity index is 0.00000385. The first-order valence-corrected chi connectivity index (χ1v) is 12.7. The van der Waals surface area contributed by atoms with Crippen LogP contribution in [-0.4, -0.2) is 63.5 Å². The summed E-state index contributed by atoms with van der Waals surface area (Å²) in [5.74, 6) is 2.43. The van der Waals surface area contributed by atoms with Crippen LogP contribution >= 0.6 is 24.0 Å². The van der Waals surface area contributed by atoms with Crippen LogP contribution in [0.3, 0.4) is 0 Å². The summed E-state index contributed by atoms with van der Waals surface area (Å²) in [6.07, 6.45) is 5.89. The number of nitrogens with one attached hydrogen (secondary N) is 2. The highest BCUT2D eigenvalue weighted by molar-refractivity contribution is 14.0. The second kappa shape index (κ2) is 16.7. The van der Waals surface area contributed by atoms with Gasteiger partial charge >= 0.3 is 0 Å². The Kier molecular flexibility index (Phi) is 14.3. The molecule has 2 saturated heterocycles. The van der Waals surface area contributed by atoms with Crippen molar-refractivity contribution in [1.82, 2.24) is 15.5 Å². The molecule has 2 aliphatic heterocycles. The van der Waals surface area contributed by atoms with E-state index in [1.165, 1.54) is 37.1 Å². The third kappa shape index (κ3) is 11.4. The molecule has 0 bridgehead atoms. The minimum atomic E-state index is 0. The molecule has 188 valence electrons. The van der Waals surface area contributed by atoms with Gasteiger partial charge in [0, 0.05) is 46.1 Å². The van der Waals surface area contributed by atoms with Crippen LogP contribution in [0.25, 0.3) is 0 Å². The van der Waals surface area contributed by atoms with E-state index in [1.807, 2.05) is 0 Å². The molecule has 3 rings (SSSR count). The average Bonchev–Trinajstić information content (AvgIpc) is 2.82. The van der Waals surface area contributed by atoms with Gasteiger partial charge in [-0.3, -0.25) is 4.90 Å². The number of piperidine rings is 1. The van der Waals surface area contributed by atoms with Gasteiger partial charge in [-0.15, -0.1) is 24.0 Å². The number of hydrogen-bond donors (Lipinski definition) is 2. The maximum absolute atomic E-state index is 5.87. The topological polar surface area (TPSA) is 58.1 Å². The van der Waals surface area contributed by atoms with Crippen molar-refractivity contribution in [3.05, 3.63) is 35.4 Å². The molecule has 1 aromatic carbocycles. The lowest BCUT2D eigenvalue weighted by Gasteiger charge is -2.30. The fourth-order valence-corrected chi connectivity index (χ4v) is 4.36. The molecule has 2 N–H and O–H groups in total. The van der Waals surface area contributed by atoms with Gasteiger partial charge in [0.2, 0.25) is 0 Å². The average molecular weight is 573 g/mol. The van der Waals surface area contributed by atoms with Crippen LogP contribution in [0.15, 0.2) is 29.3 Å². The van der Waals surface area contributed by atoms with Crippen molar-refractivity contribution < 1.29 is 9.47 Å². The van der Waals surface area contributed by atoms with Gasteiger partial charge < -0.3 is 20.1 Å². The summed E-state index contributed by atoms with van der Waals surface area (Å²) in [5, 5.41) is 6.80. The second-order valence-corrected chi connectivity index (χ2v) is 9.38. The van der Waals surface area contributed by atoms with E-state index in [1.54, 1.807) is 0 Å². The molecule has 0 spiro atoms. The normalized spacial score (nSPS) is 18.7. The van der Waals surface area contributed by atoms with Gasteiger partial charge in [0.1, 0.15) is 0 Å². The minimum Gasteiger partial charge on any atom is -0.381 e. The molecule has 0 amide bonds. The number of rotatable bonds is 11. The van der Waals surface area contributed by atoms with Crippen molar-refractivity contribution in [3.63, 3.8) is 0 Å². The van der Waals surface area contributed by atoms with Crippen molar-refractivity contribution in [1.29, 1.82) is 0 Å². The molecule has 0 radical (unpaired) electrons. The molecule has 2 aliphatic rings. The van der Waals surface area contributed by atoms with E-state index in [9.17, 15) is 0 Å². The van der Waals surface area contributed by atoms with E-state index in [-0.39, 0.29) is 24.0 Å². The van der Waals surface area contributed by atoms with Crippen molar-refractivity contribution in [2.45, 2.75) is 59.0 Å². The highest BCUT2D eigenvalue weighted by Gasteiger charge is 2.16. The first-order valence-electron chi connectivity index (χ1n) is 12.7. The van der Waals surface area contributed by atoms with E-state index in [0.29, 0.717) is 12.5 Å². The Hall–Kier alpha value is -0.900. The van der Waals surface area contributed by atoms with Gasteiger partial charge in [0.15, 0.2) is 5.96 Å². The van der Waals surface area contributed by atoms with Crippen LogP contribution in [-0.2, 0) is 22.6 Å². The van der Waals surface area contributed by atoms with E-state index in [0.717, 1.165) is 77.2 Å². The smallest absolute Gasteiger partial charge is 0.191 e. The summed E-state index contributed by atoms with van der Waals surface area (Å²) in [5.41, 5.74) is 2.66. The first kappa shape index (κ1) is 28.3. The largest absolute Gasteiger partial charge is 0.381 e. The van der Waals surface area contributed by atoms with E-state index < -0.39 is 0 Å². The van der Waals surface area contributed by atoms with E-state index >= 15 is 0 Å². The summed E-state index contributed by atoms with van der Waals surface area (Å²) in [6, 6.07) is 8.91. The van der Waals surface area contributed by atoms with Gasteiger partial charge in [0.05, 0.1) is 6.54 Å². The highest BCUT2D eigenvalue weighted by Crippen LogP contribution is 2.19. The zero-order valence-electron chi connectivity index (χ0n) is 20.7. The fraction of sp³-hybridized carbons (Fsp3) is 0.731. The molecule has 0 aliphatic carbocycles. The van der Waals surface area contributed by atoms with Crippen LogP contribution < -0.4 is 10.6 Å². The zero-order chi connectivity index (χ0) is 22.4. The van der Waals surface area contributed by atoms with E-state index in [2.05, 4.69) is 53.6 Å². The monoisotopic (exact) mass is 572 g/mol. The Morgan fingerprint density at radius 3 is 2.64 bits per heavy atom. The molecule has 0 unspecified atom stereocenters. The third-order valence-corrected chi connectivity index (χ3v) is 6.49. The van der Waals surface area contributed by atoms with Crippen LogP contribution in [0.2, 0.25) is 0 Å².